The Kier molecular flexibility index (Phi) is 26.7. The van der Waals surface area contributed by atoms with E-state index >= 15 is 0 Å². The lowest BCUT2D eigenvalue weighted by Gasteiger charge is -2.20. The Morgan fingerprint density at radius 3 is 2.00 bits per heavy atom. The largest absolute Gasteiger partial charge is 0.381 e. The maximum atomic E-state index is 5.69. The second-order valence-electron chi connectivity index (χ2n) is 8.42. The Morgan fingerprint density at radius 2 is 1.47 bits per heavy atom. The Morgan fingerprint density at radius 1 is 0.867 bits per heavy atom. The van der Waals surface area contributed by atoms with E-state index in [4.69, 9.17) is 15.2 Å². The van der Waals surface area contributed by atoms with Crippen LogP contribution in [0.1, 0.15) is 86.5 Å². The van der Waals surface area contributed by atoms with Gasteiger partial charge in [-0.05, 0) is 77.5 Å². The van der Waals surface area contributed by atoms with E-state index in [-0.39, 0.29) is 0 Å². The Hall–Kier alpha value is -0.200. The SMILES string of the molecule is CC.CCCN(CCCOCCCC(C)C)C1CC1.CCN(C)CCOCCCN. The highest BCUT2D eigenvalue weighted by molar-refractivity contribution is 4.84. The summed E-state index contributed by atoms with van der Waals surface area (Å²) in [6.45, 7) is 21.8. The lowest BCUT2D eigenvalue weighted by molar-refractivity contribution is 0.112. The van der Waals surface area contributed by atoms with E-state index in [1.807, 2.05) is 13.8 Å². The maximum Gasteiger partial charge on any atom is 0.0593 e. The van der Waals surface area contributed by atoms with Gasteiger partial charge in [-0.2, -0.15) is 0 Å². The van der Waals surface area contributed by atoms with Crippen LogP contribution in [0.25, 0.3) is 0 Å². The molecule has 0 unspecified atom stereocenters. The topological polar surface area (TPSA) is 51.0 Å². The first-order chi connectivity index (χ1) is 14.5. The van der Waals surface area contributed by atoms with Crippen LogP contribution in [0, 0.1) is 5.92 Å². The molecule has 2 N–H and O–H groups in total. The van der Waals surface area contributed by atoms with Crippen LogP contribution < -0.4 is 5.73 Å². The first kappa shape index (κ1) is 32.0. The summed E-state index contributed by atoms with van der Waals surface area (Å²) in [4.78, 5) is 4.87. The maximum absolute atomic E-state index is 5.69. The molecule has 0 aliphatic heterocycles. The zero-order chi connectivity index (χ0) is 23.0. The molecule has 0 aromatic carbocycles. The van der Waals surface area contributed by atoms with Gasteiger partial charge in [-0.15, -0.1) is 0 Å². The summed E-state index contributed by atoms with van der Waals surface area (Å²) >= 11 is 0. The molecule has 0 atom stereocenters. The molecule has 0 aromatic heterocycles. The third-order valence-corrected chi connectivity index (χ3v) is 5.03. The molecule has 1 rings (SSSR count). The Labute approximate surface area is 190 Å². The fraction of sp³-hybridized carbons (Fsp3) is 1.00. The highest BCUT2D eigenvalue weighted by Gasteiger charge is 2.27. The van der Waals surface area contributed by atoms with Gasteiger partial charge < -0.3 is 25.0 Å². The van der Waals surface area contributed by atoms with Crippen molar-refractivity contribution in [2.45, 2.75) is 92.5 Å². The van der Waals surface area contributed by atoms with Gasteiger partial charge in [0.2, 0.25) is 0 Å². The average Bonchev–Trinajstić information content (AvgIpc) is 3.59. The summed E-state index contributed by atoms with van der Waals surface area (Å²) < 4.78 is 11.0. The van der Waals surface area contributed by atoms with Crippen LogP contribution in [-0.2, 0) is 9.47 Å². The summed E-state index contributed by atoms with van der Waals surface area (Å²) in [5, 5.41) is 0. The highest BCUT2D eigenvalue weighted by atomic mass is 16.5. The van der Waals surface area contributed by atoms with Gasteiger partial charge in [0.1, 0.15) is 0 Å². The molecule has 0 amide bonds. The van der Waals surface area contributed by atoms with Gasteiger partial charge in [0, 0.05) is 39.0 Å². The minimum Gasteiger partial charge on any atom is -0.381 e. The van der Waals surface area contributed by atoms with E-state index in [9.17, 15) is 0 Å². The second kappa shape index (κ2) is 25.1. The summed E-state index contributed by atoms with van der Waals surface area (Å²) in [7, 11) is 2.09. The van der Waals surface area contributed by atoms with Gasteiger partial charge in [0.05, 0.1) is 6.61 Å². The van der Waals surface area contributed by atoms with E-state index in [0.29, 0.717) is 0 Å². The number of rotatable bonds is 18. The Bertz CT molecular complexity index is 313. The van der Waals surface area contributed by atoms with Crippen molar-refractivity contribution in [2.75, 3.05) is 66.2 Å². The molecule has 5 heteroatoms. The van der Waals surface area contributed by atoms with E-state index in [1.165, 1.54) is 51.6 Å². The monoisotopic (exact) mass is 431 g/mol. The molecule has 1 fully saturated rings. The summed E-state index contributed by atoms with van der Waals surface area (Å²) in [5.74, 6) is 0.813. The molecular weight excluding hydrogens is 374 g/mol. The predicted molar refractivity (Wildman–Crippen MR) is 133 cm³/mol. The van der Waals surface area contributed by atoms with Crippen molar-refractivity contribution in [3.63, 3.8) is 0 Å². The van der Waals surface area contributed by atoms with Gasteiger partial charge in [-0.1, -0.05) is 41.5 Å². The normalized spacial score (nSPS) is 13.3. The molecule has 1 aliphatic rings. The minimum atomic E-state index is 0.726. The molecule has 0 spiro atoms. The van der Waals surface area contributed by atoms with Crippen molar-refractivity contribution in [3.05, 3.63) is 0 Å². The van der Waals surface area contributed by atoms with Gasteiger partial charge in [0.25, 0.3) is 0 Å². The van der Waals surface area contributed by atoms with Crippen LogP contribution in [0.3, 0.4) is 0 Å². The number of hydrogen-bond donors (Lipinski definition) is 1. The molecular formula is C25H57N3O2. The quantitative estimate of drug-likeness (QED) is 0.308. The minimum absolute atomic E-state index is 0.726. The van der Waals surface area contributed by atoms with E-state index in [1.54, 1.807) is 0 Å². The first-order valence-corrected chi connectivity index (χ1v) is 12.8. The van der Waals surface area contributed by atoms with E-state index in [2.05, 4.69) is 44.5 Å². The second-order valence-corrected chi connectivity index (χ2v) is 8.42. The number of hydrogen-bond acceptors (Lipinski definition) is 5. The van der Waals surface area contributed by atoms with Crippen molar-refractivity contribution in [2.24, 2.45) is 11.7 Å². The molecule has 5 nitrogen and oxygen atoms in total. The van der Waals surface area contributed by atoms with Crippen LogP contribution in [0.5, 0.6) is 0 Å². The standard InChI is InChI=1S/C15H31NO.C8H20N2O.C2H6/c1-4-10-16(15-8-9-15)11-6-13-17-12-5-7-14(2)3;1-3-10(2)6-8-11-7-4-5-9;1-2/h14-15H,4-13H2,1-3H3;3-9H2,1-2H3;1-2H3. The predicted octanol–water partition coefficient (Wildman–Crippen LogP) is 5.03. The van der Waals surface area contributed by atoms with Crippen molar-refractivity contribution in [3.8, 4) is 0 Å². The average molecular weight is 432 g/mol. The van der Waals surface area contributed by atoms with Gasteiger partial charge in [-0.3, -0.25) is 0 Å². The summed E-state index contributed by atoms with van der Waals surface area (Å²) in [6, 6.07) is 0.913. The zero-order valence-electron chi connectivity index (χ0n) is 21.8. The summed E-state index contributed by atoms with van der Waals surface area (Å²) in [6.07, 6.45) is 8.83. The van der Waals surface area contributed by atoms with Crippen LogP contribution in [0.15, 0.2) is 0 Å². The van der Waals surface area contributed by atoms with Crippen LogP contribution in [0.4, 0.5) is 0 Å². The molecule has 1 saturated carbocycles. The van der Waals surface area contributed by atoms with Gasteiger partial charge in [0.15, 0.2) is 0 Å². The van der Waals surface area contributed by atoms with E-state index in [0.717, 1.165) is 64.4 Å². The molecule has 0 saturated heterocycles. The summed E-state index contributed by atoms with van der Waals surface area (Å²) in [5.41, 5.74) is 5.31. The van der Waals surface area contributed by atoms with Crippen molar-refractivity contribution >= 4 is 0 Å². The molecule has 0 aromatic rings. The Balaban J connectivity index is 0. The first-order valence-electron chi connectivity index (χ1n) is 12.8. The molecule has 0 bridgehead atoms. The van der Waals surface area contributed by atoms with Crippen LogP contribution >= 0.6 is 0 Å². The number of likely N-dealkylation sites (N-methyl/N-ethyl adjacent to an activating group) is 1. The fourth-order valence-electron chi connectivity index (χ4n) is 2.94. The highest BCUT2D eigenvalue weighted by Crippen LogP contribution is 2.26. The van der Waals surface area contributed by atoms with Gasteiger partial charge in [-0.25, -0.2) is 0 Å². The molecule has 0 radical (unpaired) electrons. The van der Waals surface area contributed by atoms with Crippen LogP contribution in [-0.4, -0.2) is 82.0 Å². The third-order valence-electron chi connectivity index (χ3n) is 5.03. The van der Waals surface area contributed by atoms with Crippen molar-refractivity contribution in [1.29, 1.82) is 0 Å². The zero-order valence-corrected chi connectivity index (χ0v) is 21.8. The number of ether oxygens (including phenoxy) is 2. The van der Waals surface area contributed by atoms with Gasteiger partial charge >= 0.3 is 0 Å². The molecule has 30 heavy (non-hydrogen) atoms. The third kappa shape index (κ3) is 24.1. The smallest absolute Gasteiger partial charge is 0.0593 e. The van der Waals surface area contributed by atoms with E-state index < -0.39 is 0 Å². The number of nitrogens with zero attached hydrogens (tertiary/aromatic N) is 2. The van der Waals surface area contributed by atoms with Crippen LogP contribution in [0.2, 0.25) is 0 Å². The molecule has 184 valence electrons. The van der Waals surface area contributed by atoms with Crippen molar-refractivity contribution < 1.29 is 9.47 Å². The molecule has 1 aliphatic carbocycles. The lowest BCUT2D eigenvalue weighted by atomic mass is 10.1. The number of nitrogens with two attached hydrogens (primary N) is 1. The van der Waals surface area contributed by atoms with Crippen molar-refractivity contribution in [1.82, 2.24) is 9.80 Å². The fourth-order valence-corrected chi connectivity index (χ4v) is 2.94. The molecule has 0 heterocycles. The lowest BCUT2D eigenvalue weighted by Crippen LogP contribution is -2.28.